The summed E-state index contributed by atoms with van der Waals surface area (Å²) < 4.78 is 11.0. The van der Waals surface area contributed by atoms with E-state index in [4.69, 9.17) is 21.1 Å². The van der Waals surface area contributed by atoms with Crippen LogP contribution < -0.4 is 9.47 Å². The van der Waals surface area contributed by atoms with Crippen LogP contribution in [-0.4, -0.2) is 53.8 Å². The quantitative estimate of drug-likeness (QED) is 0.491. The summed E-state index contributed by atoms with van der Waals surface area (Å²) in [4.78, 5) is 9.89. The number of halogens is 1. The Morgan fingerprint density at radius 1 is 0.906 bits per heavy atom. The van der Waals surface area contributed by atoms with Crippen molar-refractivity contribution < 1.29 is 9.47 Å². The van der Waals surface area contributed by atoms with Gasteiger partial charge in [0.1, 0.15) is 5.15 Å². The van der Waals surface area contributed by atoms with Crippen molar-refractivity contribution in [3.8, 4) is 22.6 Å². The molecule has 166 valence electrons. The van der Waals surface area contributed by atoms with E-state index >= 15 is 0 Å². The molecule has 5 nitrogen and oxygen atoms in total. The number of hydrogen-bond acceptors (Lipinski definition) is 5. The van der Waals surface area contributed by atoms with Crippen molar-refractivity contribution in [2.45, 2.75) is 38.3 Å². The van der Waals surface area contributed by atoms with E-state index in [1.54, 1.807) is 0 Å². The maximum Gasteiger partial charge on any atom is 0.231 e. The second-order valence-corrected chi connectivity index (χ2v) is 9.57. The molecule has 6 heteroatoms. The minimum atomic E-state index is 0.289. The van der Waals surface area contributed by atoms with Crippen molar-refractivity contribution in [3.63, 3.8) is 0 Å². The maximum absolute atomic E-state index is 6.44. The summed E-state index contributed by atoms with van der Waals surface area (Å²) in [6, 6.07) is 15.2. The lowest BCUT2D eigenvalue weighted by Gasteiger charge is -2.29. The molecule has 0 spiro atoms. The number of fused-ring (bicyclic) bond motifs is 2. The molecule has 32 heavy (non-hydrogen) atoms. The Balaban J connectivity index is 1.31. The predicted octanol–water partition coefficient (Wildman–Crippen LogP) is 5.34. The first kappa shape index (κ1) is 20.3. The Hall–Kier alpha value is -2.34. The van der Waals surface area contributed by atoms with Crippen LogP contribution in [0, 0.1) is 0 Å². The molecule has 6 rings (SSSR count). The third kappa shape index (κ3) is 3.94. The lowest BCUT2D eigenvalue weighted by atomic mass is 10.00. The molecule has 2 saturated heterocycles. The molecule has 0 radical (unpaired) electrons. The SMILES string of the molecule is Clc1cc(CN2CCC[C@H]2CN2CCCC2)c2cc(-c3ccc4c(c3)OCO4)ccc2n1. The number of rotatable bonds is 5. The predicted molar refractivity (Wildman–Crippen MR) is 127 cm³/mol. The van der Waals surface area contributed by atoms with Crippen LogP contribution in [0.1, 0.15) is 31.2 Å². The summed E-state index contributed by atoms with van der Waals surface area (Å²) in [5, 5.41) is 1.75. The summed E-state index contributed by atoms with van der Waals surface area (Å²) in [6.07, 6.45) is 5.26. The zero-order valence-corrected chi connectivity index (χ0v) is 19.0. The van der Waals surface area contributed by atoms with E-state index in [2.05, 4.69) is 51.2 Å². The minimum Gasteiger partial charge on any atom is -0.454 e. The van der Waals surface area contributed by atoms with E-state index < -0.39 is 0 Å². The molecule has 2 fully saturated rings. The van der Waals surface area contributed by atoms with Crippen LogP contribution in [-0.2, 0) is 6.54 Å². The monoisotopic (exact) mass is 449 g/mol. The highest BCUT2D eigenvalue weighted by molar-refractivity contribution is 6.30. The normalized spacial score (nSPS) is 21.1. The molecule has 0 aliphatic carbocycles. The molecule has 3 aliphatic heterocycles. The highest BCUT2D eigenvalue weighted by Gasteiger charge is 2.28. The van der Waals surface area contributed by atoms with Crippen LogP contribution >= 0.6 is 11.6 Å². The molecule has 0 unspecified atom stereocenters. The van der Waals surface area contributed by atoms with Gasteiger partial charge in [0.2, 0.25) is 6.79 Å². The molecule has 0 saturated carbocycles. The first-order valence-corrected chi connectivity index (χ1v) is 12.1. The van der Waals surface area contributed by atoms with Crippen LogP contribution in [0.3, 0.4) is 0 Å². The molecule has 3 aliphatic rings. The third-order valence-electron chi connectivity index (χ3n) is 7.11. The number of ether oxygens (including phenoxy) is 2. The Bertz CT molecular complexity index is 1150. The smallest absolute Gasteiger partial charge is 0.231 e. The van der Waals surface area contributed by atoms with Gasteiger partial charge in [-0.1, -0.05) is 23.7 Å². The number of likely N-dealkylation sites (tertiary alicyclic amines) is 2. The minimum absolute atomic E-state index is 0.289. The second kappa shape index (κ2) is 8.54. The number of nitrogens with zero attached hydrogens (tertiary/aromatic N) is 3. The lowest BCUT2D eigenvalue weighted by Crippen LogP contribution is -2.38. The van der Waals surface area contributed by atoms with E-state index in [1.807, 2.05) is 6.07 Å². The number of aromatic nitrogens is 1. The zero-order chi connectivity index (χ0) is 21.5. The highest BCUT2D eigenvalue weighted by Crippen LogP contribution is 2.37. The molecular weight excluding hydrogens is 422 g/mol. The van der Waals surface area contributed by atoms with Crippen molar-refractivity contribution in [1.82, 2.24) is 14.8 Å². The maximum atomic E-state index is 6.44. The molecule has 2 aromatic carbocycles. The fourth-order valence-corrected chi connectivity index (χ4v) is 5.66. The number of pyridine rings is 1. The van der Waals surface area contributed by atoms with Gasteiger partial charge in [0, 0.05) is 24.5 Å². The Labute approximate surface area is 193 Å². The van der Waals surface area contributed by atoms with E-state index in [0.717, 1.165) is 41.2 Å². The second-order valence-electron chi connectivity index (χ2n) is 9.18. The van der Waals surface area contributed by atoms with Gasteiger partial charge in [0.25, 0.3) is 0 Å². The van der Waals surface area contributed by atoms with E-state index in [-0.39, 0.29) is 6.79 Å². The molecule has 1 atom stereocenters. The Morgan fingerprint density at radius 3 is 2.62 bits per heavy atom. The zero-order valence-electron chi connectivity index (χ0n) is 18.2. The number of benzene rings is 2. The van der Waals surface area contributed by atoms with Crippen LogP contribution in [0.15, 0.2) is 42.5 Å². The van der Waals surface area contributed by atoms with Crippen molar-refractivity contribution in [2.75, 3.05) is 33.0 Å². The molecule has 4 heterocycles. The average molecular weight is 450 g/mol. The van der Waals surface area contributed by atoms with Crippen molar-refractivity contribution in [3.05, 3.63) is 53.2 Å². The fraction of sp³-hybridized carbons (Fsp3) is 0.423. The van der Waals surface area contributed by atoms with Crippen molar-refractivity contribution >= 4 is 22.5 Å². The van der Waals surface area contributed by atoms with Crippen LogP contribution in [0.25, 0.3) is 22.0 Å². The fourth-order valence-electron chi connectivity index (χ4n) is 5.44. The van der Waals surface area contributed by atoms with E-state index in [0.29, 0.717) is 11.2 Å². The van der Waals surface area contributed by atoms with Crippen LogP contribution in [0.2, 0.25) is 5.15 Å². The average Bonchev–Trinajstić information content (AvgIpc) is 3.56. The van der Waals surface area contributed by atoms with Gasteiger partial charge in [-0.25, -0.2) is 4.98 Å². The van der Waals surface area contributed by atoms with Gasteiger partial charge in [-0.05, 0) is 92.3 Å². The summed E-state index contributed by atoms with van der Waals surface area (Å²) in [5.41, 5.74) is 4.48. The van der Waals surface area contributed by atoms with Gasteiger partial charge in [-0.3, -0.25) is 4.90 Å². The Kier molecular flexibility index (Phi) is 5.41. The van der Waals surface area contributed by atoms with Gasteiger partial charge in [-0.2, -0.15) is 0 Å². The van der Waals surface area contributed by atoms with E-state index in [1.165, 1.54) is 56.3 Å². The summed E-state index contributed by atoms with van der Waals surface area (Å²) in [5.74, 6) is 1.61. The summed E-state index contributed by atoms with van der Waals surface area (Å²) >= 11 is 6.44. The van der Waals surface area contributed by atoms with Gasteiger partial charge in [0.05, 0.1) is 5.52 Å². The first-order chi connectivity index (χ1) is 15.7. The highest BCUT2D eigenvalue weighted by atomic mass is 35.5. The lowest BCUT2D eigenvalue weighted by molar-refractivity contribution is 0.174. The molecule has 0 amide bonds. The van der Waals surface area contributed by atoms with Crippen molar-refractivity contribution in [2.24, 2.45) is 0 Å². The molecule has 3 aromatic rings. The topological polar surface area (TPSA) is 37.8 Å². The third-order valence-corrected chi connectivity index (χ3v) is 7.30. The molecule has 0 N–H and O–H groups in total. The largest absolute Gasteiger partial charge is 0.454 e. The molecular formula is C26H28ClN3O2. The summed E-state index contributed by atoms with van der Waals surface area (Å²) in [7, 11) is 0. The standard InChI is InChI=1S/C26H28ClN3O2/c27-26-14-20(15-30-11-3-4-21(30)16-29-9-1-2-10-29)22-12-18(5-7-23(22)28-26)19-6-8-24-25(13-19)32-17-31-24/h5-8,12-14,21H,1-4,9-11,15-17H2/t21-/m0/s1. The summed E-state index contributed by atoms with van der Waals surface area (Å²) in [6.45, 7) is 6.07. The van der Waals surface area contributed by atoms with E-state index in [9.17, 15) is 0 Å². The Morgan fingerprint density at radius 2 is 1.72 bits per heavy atom. The van der Waals surface area contributed by atoms with Crippen molar-refractivity contribution in [1.29, 1.82) is 0 Å². The van der Waals surface area contributed by atoms with Gasteiger partial charge in [0.15, 0.2) is 11.5 Å². The van der Waals surface area contributed by atoms with Gasteiger partial charge in [-0.15, -0.1) is 0 Å². The van der Waals surface area contributed by atoms with Gasteiger partial charge >= 0.3 is 0 Å². The first-order valence-electron chi connectivity index (χ1n) is 11.7. The number of hydrogen-bond donors (Lipinski definition) is 0. The van der Waals surface area contributed by atoms with Gasteiger partial charge < -0.3 is 14.4 Å². The molecule has 1 aromatic heterocycles. The van der Waals surface area contributed by atoms with Crippen LogP contribution in [0.4, 0.5) is 0 Å². The van der Waals surface area contributed by atoms with Crippen LogP contribution in [0.5, 0.6) is 11.5 Å². The molecule has 0 bridgehead atoms.